The summed E-state index contributed by atoms with van der Waals surface area (Å²) >= 11 is -8.78. The predicted molar refractivity (Wildman–Crippen MR) is 279 cm³/mol. The number of aromatic nitrogens is 3. The summed E-state index contributed by atoms with van der Waals surface area (Å²) in [6.45, 7) is 9.77. The van der Waals surface area contributed by atoms with Crippen LogP contribution in [0.15, 0.2) is 6.20 Å². The molecule has 0 bridgehead atoms. The van der Waals surface area contributed by atoms with E-state index in [1.165, 1.54) is 62.3 Å². The number of nitrogens with zero attached hydrogens (tertiary/aromatic N) is 3. The Morgan fingerprint density at radius 2 is 0.679 bits per heavy atom. The van der Waals surface area contributed by atoms with Crippen LogP contribution in [0.3, 0.4) is 0 Å². The zero-order valence-corrected chi connectivity index (χ0v) is 57.6. The van der Waals surface area contributed by atoms with Crippen molar-refractivity contribution < 1.29 is 209 Å². The zero-order chi connectivity index (χ0) is 84.8. The zero-order valence-electron chi connectivity index (χ0n) is 54.8. The molecule has 1 heterocycles. The summed E-state index contributed by atoms with van der Waals surface area (Å²) < 4.78 is 558. The Labute approximate surface area is 573 Å². The summed E-state index contributed by atoms with van der Waals surface area (Å²) in [5.74, 6) is -135. The van der Waals surface area contributed by atoms with Gasteiger partial charge in [-0.3, -0.25) is 4.79 Å². The molecule has 0 saturated carbocycles. The van der Waals surface area contributed by atoms with Gasteiger partial charge in [0.1, 0.15) is 22.8 Å². The Hall–Kier alpha value is -5.64. The van der Waals surface area contributed by atoms with E-state index in [0.717, 1.165) is 0 Å². The number of unbranched alkanes of at least 4 members (excludes halogenated alkanes) is 1. The molecule has 3 N–H and O–H groups in total. The Morgan fingerprint density at radius 1 is 0.396 bits per heavy atom. The van der Waals surface area contributed by atoms with Crippen molar-refractivity contribution in [1.29, 1.82) is 0 Å². The maximum atomic E-state index is 15.6. The van der Waals surface area contributed by atoms with E-state index in [2.05, 4.69) is 20.9 Å². The molecule has 0 aliphatic rings. The summed E-state index contributed by atoms with van der Waals surface area (Å²) in [4.78, 5) is 65.2. The van der Waals surface area contributed by atoms with Crippen LogP contribution in [-0.4, -0.2) is 206 Å². The van der Waals surface area contributed by atoms with Crippen molar-refractivity contribution in [3.63, 3.8) is 0 Å². The number of alkyl halides is 39. The molecule has 622 valence electrons. The number of urea groups is 1. The molecule has 1 rings (SSSR count). The fourth-order valence-corrected chi connectivity index (χ4v) is 21.7. The second kappa shape index (κ2) is 31.3. The molecule has 0 aromatic carbocycles. The van der Waals surface area contributed by atoms with Gasteiger partial charge < -0.3 is 19.5 Å². The number of hydrogen-bond acceptors (Lipinski definition) is 10. The molecule has 0 radical (unpaired) electrons. The maximum absolute atomic E-state index is 15.6. The monoisotopic (exact) mass is 1760 g/mol. The van der Waals surface area contributed by atoms with E-state index in [0.29, 0.717) is 0 Å². The van der Waals surface area contributed by atoms with E-state index in [4.69, 9.17) is 14.2 Å². The SMILES string of the molecule is CC(C)(C)OC(=O)CC[C@H](NC(=O)N[C@@H](CCCCNC(=O)Cn1c[c]([Sn]([CH2]CC(F)(F)C(F)(F)C(F)(F)C(F)(F)C(F)(F)C(F)(F)F)([CH2]CC(F)(F)C(F)(F)C(F)(F)C(F)(F)C(F)(F)C(F)(F)F)[CH2]CC(F)(F)C(F)(F)C(F)(F)C(F)(F)C(F)(F)C(F)(F)F)nn1)C(=O)OC(C)(C)C)C(=O)OC(C)(C)C. The van der Waals surface area contributed by atoms with Gasteiger partial charge in [0.15, 0.2) is 0 Å². The van der Waals surface area contributed by atoms with E-state index in [9.17, 15) is 143 Å². The third kappa shape index (κ3) is 20.5. The minimum Gasteiger partial charge on any atom is -0.458 e. The van der Waals surface area contributed by atoms with Gasteiger partial charge in [-0.1, -0.05) is 0 Å². The third-order valence-electron chi connectivity index (χ3n) is 14.4. The molecule has 0 aliphatic heterocycles. The van der Waals surface area contributed by atoms with E-state index in [1.54, 1.807) is 0 Å². The molecule has 0 saturated heterocycles. The fourth-order valence-electron chi connectivity index (χ4n) is 8.60. The molecule has 0 spiro atoms. The topological polar surface area (TPSA) is 180 Å². The molecule has 1 aromatic heterocycles. The number of nitrogens with one attached hydrogen (secondary N) is 3. The fraction of sp³-hybridized carbons (Fsp3) is 0.865. The average molecular weight is 1760 g/mol. The first-order valence-corrected chi connectivity index (χ1v) is 36.5. The van der Waals surface area contributed by atoms with Crippen molar-refractivity contribution in [2.75, 3.05) is 6.54 Å². The molecule has 54 heteroatoms. The Morgan fingerprint density at radius 3 is 0.962 bits per heavy atom. The molecular weight excluding hydrogens is 1700 g/mol. The Kier molecular flexibility index (Phi) is 29.0. The van der Waals surface area contributed by atoms with Crippen LogP contribution in [-0.2, 0) is 39.9 Å². The standard InChI is InChI=1S/C28H47N6O8.3C8H4F13.Sn/c1-26(2,3)40-22(36)14-13-20(24(38)42-28(7,8)9)32-25(39)31-19(23(37)41-27(4,5)6)12-10-11-15-29-21(35)18-34-17-16-30-33-34;3*1-2-3(9,10)4(11,12)5(13,14)6(15,16)7(17,18)8(19,20)21;/h17,19-20H,10-15,18H2,1-9H3,(H,29,35)(H2,31,32,39);3*1-2H2;/t19-,20-;;;;/m0..../s1. The number of amides is 3. The minimum absolute atomic E-state index is 0.433. The van der Waals surface area contributed by atoms with Crippen LogP contribution in [0.5, 0.6) is 0 Å². The summed E-state index contributed by atoms with van der Waals surface area (Å²) in [5.41, 5.74) is -3.65. The summed E-state index contributed by atoms with van der Waals surface area (Å²) in [5, 5.41) is 11.6. The van der Waals surface area contributed by atoms with Crippen LogP contribution in [0.4, 0.5) is 176 Å². The number of halogens is 39. The van der Waals surface area contributed by atoms with E-state index in [1.807, 2.05) is 5.32 Å². The van der Waals surface area contributed by atoms with Gasteiger partial charge in [0.05, 0.1) is 0 Å². The predicted octanol–water partition coefficient (Wildman–Crippen LogP) is 16.4. The van der Waals surface area contributed by atoms with Crippen LogP contribution in [0.1, 0.15) is 114 Å². The van der Waals surface area contributed by atoms with E-state index < -0.39 is 277 Å². The van der Waals surface area contributed by atoms with Crippen LogP contribution < -0.4 is 19.7 Å². The first kappa shape index (κ1) is 98.4. The number of ether oxygens (including phenoxy) is 3. The minimum atomic E-state index is -9.03. The van der Waals surface area contributed by atoms with Crippen LogP contribution in [0.2, 0.25) is 13.3 Å². The first-order chi connectivity index (χ1) is 46.2. The number of esters is 3. The van der Waals surface area contributed by atoms with E-state index in [-0.39, 0.29) is 0 Å². The second-order valence-corrected chi connectivity index (χ2v) is 39.4. The molecule has 0 unspecified atom stereocenters. The quantitative estimate of drug-likeness (QED) is 0.0192. The van der Waals surface area contributed by atoms with Gasteiger partial charge in [0.2, 0.25) is 0 Å². The van der Waals surface area contributed by atoms with Crippen molar-refractivity contribution in [3.05, 3.63) is 6.20 Å². The number of rotatable bonds is 36. The molecule has 0 fully saturated rings. The summed E-state index contributed by atoms with van der Waals surface area (Å²) in [7, 11) is 0. The number of carbonyl (C=O) groups is 5. The van der Waals surface area contributed by atoms with Crippen molar-refractivity contribution in [1.82, 2.24) is 30.9 Å². The third-order valence-corrected chi connectivity index (χ3v) is 28.5. The van der Waals surface area contributed by atoms with Gasteiger partial charge in [0.25, 0.3) is 0 Å². The molecule has 2 atom stereocenters. The van der Waals surface area contributed by atoms with Gasteiger partial charge >= 0.3 is 438 Å². The van der Waals surface area contributed by atoms with E-state index >= 15 is 52.7 Å². The van der Waals surface area contributed by atoms with Gasteiger partial charge in [-0.05, 0) is 68.7 Å². The summed E-state index contributed by atoms with van der Waals surface area (Å²) in [6, 6.07) is -4.82. The first-order valence-electron chi connectivity index (χ1n) is 29.0. The Bertz CT molecular complexity index is 3000. The normalized spacial score (nSPS) is 15.8. The second-order valence-electron chi connectivity index (χ2n) is 26.3. The average Bonchev–Trinajstić information content (AvgIpc) is 0.743. The van der Waals surface area contributed by atoms with Crippen LogP contribution in [0.25, 0.3) is 0 Å². The van der Waals surface area contributed by atoms with Crippen molar-refractivity contribution in [2.24, 2.45) is 0 Å². The van der Waals surface area contributed by atoms with Crippen LogP contribution in [0, 0.1) is 0 Å². The molecule has 0 aliphatic carbocycles. The molecule has 3 amide bonds. The number of hydrogen-bond donors (Lipinski definition) is 3. The smallest absolute Gasteiger partial charge is 0.458 e. The van der Waals surface area contributed by atoms with Gasteiger partial charge in [-0.25, -0.2) is 14.4 Å². The van der Waals surface area contributed by atoms with Crippen molar-refractivity contribution >= 4 is 51.9 Å². The van der Waals surface area contributed by atoms with Gasteiger partial charge in [-0.2, -0.15) is 0 Å². The molecule has 106 heavy (non-hydrogen) atoms. The van der Waals surface area contributed by atoms with Gasteiger partial charge in [0, 0.05) is 6.42 Å². The molecule has 1 aromatic rings. The van der Waals surface area contributed by atoms with Crippen molar-refractivity contribution in [3.8, 4) is 0 Å². The molecular formula is C52H59F39N6O8Sn. The van der Waals surface area contributed by atoms with Gasteiger partial charge in [-0.15, -0.1) is 0 Å². The summed E-state index contributed by atoms with van der Waals surface area (Å²) in [6.07, 6.45) is -40.6. The Balaban J connectivity index is 4.37. The van der Waals surface area contributed by atoms with Crippen molar-refractivity contribution in [2.45, 2.75) is 270 Å². The number of carbonyl (C=O) groups excluding carboxylic acids is 5. The van der Waals surface area contributed by atoms with Crippen LogP contribution >= 0.6 is 0 Å². The molecule has 14 nitrogen and oxygen atoms in total.